The number of nitrogens with one attached hydrogen (secondary N) is 1. The molecule has 0 fully saturated rings. The van der Waals surface area contributed by atoms with Crippen LogP contribution in [0.25, 0.3) is 0 Å². The number of nitrogens with two attached hydrogens (primary N) is 1. The van der Waals surface area contributed by atoms with Crippen LogP contribution < -0.4 is 11.1 Å². The van der Waals surface area contributed by atoms with Crippen LogP contribution in [0.1, 0.15) is 5.56 Å². The van der Waals surface area contributed by atoms with Crippen molar-refractivity contribution >= 4 is 23.4 Å². The Morgan fingerprint density at radius 1 is 1.05 bits per heavy atom. The second-order valence-electron chi connectivity index (χ2n) is 4.12. The third-order valence-electron chi connectivity index (χ3n) is 2.58. The molecule has 0 atom stereocenters. The lowest BCUT2D eigenvalue weighted by molar-refractivity contribution is -0.118. The maximum absolute atomic E-state index is 11.7. The van der Waals surface area contributed by atoms with E-state index in [9.17, 15) is 4.79 Å². The molecule has 0 aliphatic rings. The smallest absolute Gasteiger partial charge is 0.230 e. The lowest BCUT2D eigenvalue weighted by Gasteiger charge is -2.05. The van der Waals surface area contributed by atoms with Gasteiger partial charge in [0.25, 0.3) is 0 Å². The molecular weight excluding hydrogens is 256 g/mol. The van der Waals surface area contributed by atoms with E-state index in [0.29, 0.717) is 12.3 Å². The average Bonchev–Trinajstić information content (AvgIpc) is 2.45. The maximum Gasteiger partial charge on any atom is 0.230 e. The summed E-state index contributed by atoms with van der Waals surface area (Å²) in [7, 11) is 0. The Labute approximate surface area is 117 Å². The number of carbonyl (C=O) groups excluding carboxylic acids is 1. The molecule has 2 aromatic rings. The van der Waals surface area contributed by atoms with Gasteiger partial charge < -0.3 is 11.1 Å². The minimum absolute atomic E-state index is 0.0330. The van der Waals surface area contributed by atoms with Crippen molar-refractivity contribution in [2.24, 2.45) is 0 Å². The molecule has 0 heterocycles. The zero-order valence-electron chi connectivity index (χ0n) is 10.5. The average molecular weight is 272 g/mol. The molecule has 19 heavy (non-hydrogen) atoms. The van der Waals surface area contributed by atoms with E-state index in [1.165, 1.54) is 11.8 Å². The van der Waals surface area contributed by atoms with Gasteiger partial charge in [0, 0.05) is 17.1 Å². The Kier molecular flexibility index (Phi) is 4.86. The number of benzene rings is 2. The highest BCUT2D eigenvalue weighted by molar-refractivity contribution is 8.00. The molecule has 3 nitrogen and oxygen atoms in total. The molecule has 0 radical (unpaired) electrons. The summed E-state index contributed by atoms with van der Waals surface area (Å²) in [5.41, 5.74) is 7.45. The Bertz CT molecular complexity index is 526. The van der Waals surface area contributed by atoms with Crippen molar-refractivity contribution in [2.75, 3.05) is 11.5 Å². The molecule has 0 aromatic heterocycles. The number of hydrogen-bond acceptors (Lipinski definition) is 3. The molecule has 4 heteroatoms. The molecule has 98 valence electrons. The van der Waals surface area contributed by atoms with Crippen LogP contribution in [-0.4, -0.2) is 11.7 Å². The van der Waals surface area contributed by atoms with Gasteiger partial charge in [-0.05, 0) is 29.8 Å². The lowest BCUT2D eigenvalue weighted by Crippen LogP contribution is -2.24. The van der Waals surface area contributed by atoms with Crippen molar-refractivity contribution in [3.05, 3.63) is 60.2 Å². The largest absolute Gasteiger partial charge is 0.399 e. The molecule has 3 N–H and O–H groups in total. The van der Waals surface area contributed by atoms with Gasteiger partial charge >= 0.3 is 0 Å². The zero-order chi connectivity index (χ0) is 13.5. The molecule has 1 amide bonds. The van der Waals surface area contributed by atoms with E-state index in [-0.39, 0.29) is 5.91 Å². The highest BCUT2D eigenvalue weighted by Gasteiger charge is 2.02. The van der Waals surface area contributed by atoms with Gasteiger partial charge in [0.05, 0.1) is 5.75 Å². The standard InChI is InChI=1S/C15H16N2OS/c16-13-6-8-14(9-7-13)19-11-15(18)17-10-12-4-2-1-3-5-12/h1-9H,10-11,16H2,(H,17,18). The summed E-state index contributed by atoms with van der Waals surface area (Å²) in [6.07, 6.45) is 0. The SMILES string of the molecule is Nc1ccc(SCC(=O)NCc2ccccc2)cc1. The van der Waals surface area contributed by atoms with Crippen molar-refractivity contribution in [3.63, 3.8) is 0 Å². The van der Waals surface area contributed by atoms with Crippen molar-refractivity contribution in [1.29, 1.82) is 0 Å². The van der Waals surface area contributed by atoms with E-state index in [1.54, 1.807) is 0 Å². The van der Waals surface area contributed by atoms with E-state index in [4.69, 9.17) is 5.73 Å². The zero-order valence-corrected chi connectivity index (χ0v) is 11.3. The van der Waals surface area contributed by atoms with Gasteiger partial charge in [0.2, 0.25) is 5.91 Å². The number of hydrogen-bond donors (Lipinski definition) is 2. The van der Waals surface area contributed by atoms with Crippen LogP contribution in [0.3, 0.4) is 0 Å². The van der Waals surface area contributed by atoms with Crippen LogP contribution in [-0.2, 0) is 11.3 Å². The Morgan fingerprint density at radius 2 is 1.74 bits per heavy atom. The first-order valence-corrected chi connectivity index (χ1v) is 7.01. The van der Waals surface area contributed by atoms with Crippen LogP contribution in [0.4, 0.5) is 5.69 Å². The first-order valence-electron chi connectivity index (χ1n) is 6.03. The summed E-state index contributed by atoms with van der Waals surface area (Å²) in [4.78, 5) is 12.7. The molecule has 0 spiro atoms. The van der Waals surface area contributed by atoms with E-state index in [1.807, 2.05) is 54.6 Å². The van der Waals surface area contributed by atoms with Gasteiger partial charge in [0.1, 0.15) is 0 Å². The number of carbonyl (C=O) groups is 1. The monoisotopic (exact) mass is 272 g/mol. The summed E-state index contributed by atoms with van der Waals surface area (Å²) >= 11 is 1.50. The second kappa shape index (κ2) is 6.85. The number of thioether (sulfide) groups is 1. The molecule has 0 saturated carbocycles. The van der Waals surface area contributed by atoms with Gasteiger partial charge in [0.15, 0.2) is 0 Å². The summed E-state index contributed by atoms with van der Waals surface area (Å²) in [5, 5.41) is 2.90. The fraction of sp³-hybridized carbons (Fsp3) is 0.133. The highest BCUT2D eigenvalue weighted by Crippen LogP contribution is 2.18. The van der Waals surface area contributed by atoms with Crippen LogP contribution >= 0.6 is 11.8 Å². The number of nitrogen functional groups attached to an aromatic ring is 1. The highest BCUT2D eigenvalue weighted by atomic mass is 32.2. The quantitative estimate of drug-likeness (QED) is 0.650. The fourth-order valence-electron chi connectivity index (χ4n) is 1.56. The summed E-state index contributed by atoms with van der Waals surface area (Å²) in [6.45, 7) is 0.571. The van der Waals surface area contributed by atoms with Crippen molar-refractivity contribution in [3.8, 4) is 0 Å². The first-order chi connectivity index (χ1) is 9.24. The predicted molar refractivity (Wildman–Crippen MR) is 79.9 cm³/mol. The topological polar surface area (TPSA) is 55.1 Å². The lowest BCUT2D eigenvalue weighted by atomic mass is 10.2. The van der Waals surface area contributed by atoms with Crippen molar-refractivity contribution < 1.29 is 4.79 Å². The van der Waals surface area contributed by atoms with Crippen LogP contribution in [0.5, 0.6) is 0 Å². The van der Waals surface area contributed by atoms with Gasteiger partial charge in [-0.3, -0.25) is 4.79 Å². The minimum atomic E-state index is 0.0330. The van der Waals surface area contributed by atoms with Gasteiger partial charge in [-0.25, -0.2) is 0 Å². The Morgan fingerprint density at radius 3 is 2.42 bits per heavy atom. The van der Waals surface area contributed by atoms with Crippen molar-refractivity contribution in [2.45, 2.75) is 11.4 Å². The fourth-order valence-corrected chi connectivity index (χ4v) is 2.29. The predicted octanol–water partition coefficient (Wildman–Crippen LogP) is 2.68. The number of rotatable bonds is 5. The third kappa shape index (κ3) is 4.67. The number of anilines is 1. The Balaban J connectivity index is 1.74. The molecule has 0 aliphatic carbocycles. The molecule has 0 unspecified atom stereocenters. The first kappa shape index (κ1) is 13.5. The molecule has 0 bridgehead atoms. The van der Waals surface area contributed by atoms with Crippen LogP contribution in [0.15, 0.2) is 59.5 Å². The molecule has 2 rings (SSSR count). The summed E-state index contributed by atoms with van der Waals surface area (Å²) < 4.78 is 0. The summed E-state index contributed by atoms with van der Waals surface area (Å²) in [5.74, 6) is 0.446. The van der Waals surface area contributed by atoms with Crippen LogP contribution in [0.2, 0.25) is 0 Å². The maximum atomic E-state index is 11.7. The second-order valence-corrected chi connectivity index (χ2v) is 5.17. The van der Waals surface area contributed by atoms with Gasteiger partial charge in [-0.15, -0.1) is 11.8 Å². The Hall–Kier alpha value is -1.94. The van der Waals surface area contributed by atoms with E-state index >= 15 is 0 Å². The normalized spacial score (nSPS) is 10.1. The van der Waals surface area contributed by atoms with Gasteiger partial charge in [-0.2, -0.15) is 0 Å². The molecule has 0 saturated heterocycles. The van der Waals surface area contributed by atoms with E-state index in [2.05, 4.69) is 5.32 Å². The van der Waals surface area contributed by atoms with E-state index < -0.39 is 0 Å². The van der Waals surface area contributed by atoms with Gasteiger partial charge in [-0.1, -0.05) is 30.3 Å². The number of amides is 1. The third-order valence-corrected chi connectivity index (χ3v) is 3.59. The van der Waals surface area contributed by atoms with E-state index in [0.717, 1.165) is 16.1 Å². The minimum Gasteiger partial charge on any atom is -0.399 e. The molecule has 0 aliphatic heterocycles. The molecule has 2 aromatic carbocycles. The van der Waals surface area contributed by atoms with Crippen molar-refractivity contribution in [1.82, 2.24) is 5.32 Å². The summed E-state index contributed by atoms with van der Waals surface area (Å²) in [6, 6.07) is 17.4. The van der Waals surface area contributed by atoms with Crippen LogP contribution in [0, 0.1) is 0 Å². The molecular formula is C15H16N2OS.